The maximum absolute atomic E-state index is 13.2. The fourth-order valence-corrected chi connectivity index (χ4v) is 4.69. The largest absolute Gasteiger partial charge is 0.507 e. The van der Waals surface area contributed by atoms with Crippen LogP contribution in [0.25, 0.3) is 11.0 Å². The van der Waals surface area contributed by atoms with Gasteiger partial charge >= 0.3 is 5.97 Å². The molecular formula is C28H26N2O6. The number of piperidine rings is 1. The van der Waals surface area contributed by atoms with Crippen LogP contribution < -0.4 is 10.2 Å². The van der Waals surface area contributed by atoms with E-state index in [-0.39, 0.29) is 23.0 Å². The third-order valence-electron chi connectivity index (χ3n) is 6.54. The van der Waals surface area contributed by atoms with Gasteiger partial charge in [-0.2, -0.15) is 0 Å². The maximum Gasteiger partial charge on any atom is 0.337 e. The Morgan fingerprint density at radius 1 is 1.17 bits per heavy atom. The van der Waals surface area contributed by atoms with Gasteiger partial charge in [0.2, 0.25) is 11.2 Å². The first-order chi connectivity index (χ1) is 17.5. The molecule has 0 amide bonds. The van der Waals surface area contributed by atoms with Gasteiger partial charge in [0, 0.05) is 25.0 Å². The van der Waals surface area contributed by atoms with Crippen LogP contribution in [0.15, 0.2) is 76.4 Å². The molecule has 0 spiro atoms. The maximum atomic E-state index is 13.2. The number of rotatable bonds is 6. The molecule has 0 radical (unpaired) electrons. The molecular weight excluding hydrogens is 460 g/mol. The van der Waals surface area contributed by atoms with Crippen LogP contribution in [0.2, 0.25) is 0 Å². The zero-order valence-electron chi connectivity index (χ0n) is 19.8. The Morgan fingerprint density at radius 3 is 2.75 bits per heavy atom. The summed E-state index contributed by atoms with van der Waals surface area (Å²) in [6.07, 6.45) is 8.07. The fraction of sp³-hybridized carbons (Fsp3) is 0.250. The minimum atomic E-state index is -0.460. The highest BCUT2D eigenvalue weighted by Gasteiger charge is 2.26. The zero-order valence-corrected chi connectivity index (χ0v) is 19.8. The van der Waals surface area contributed by atoms with Crippen molar-refractivity contribution in [3.05, 3.63) is 94.1 Å². The van der Waals surface area contributed by atoms with Crippen LogP contribution in [0.3, 0.4) is 0 Å². The smallest absolute Gasteiger partial charge is 0.337 e. The number of carbonyl (C=O) groups is 1. The van der Waals surface area contributed by atoms with Crippen molar-refractivity contribution in [2.24, 2.45) is 0 Å². The van der Waals surface area contributed by atoms with Crippen LogP contribution in [0, 0.1) is 0 Å². The van der Waals surface area contributed by atoms with Crippen molar-refractivity contribution in [3.8, 4) is 17.2 Å². The summed E-state index contributed by atoms with van der Waals surface area (Å²) in [6, 6.07) is 13.5. The molecule has 2 aromatic carbocycles. The average molecular weight is 487 g/mol. The lowest BCUT2D eigenvalue weighted by atomic mass is 9.95. The number of likely N-dealkylation sites (tertiary alicyclic amines) is 1. The predicted octanol–water partition coefficient (Wildman–Crippen LogP) is 5.20. The van der Waals surface area contributed by atoms with Gasteiger partial charge < -0.3 is 19.0 Å². The van der Waals surface area contributed by atoms with Crippen molar-refractivity contribution < 1.29 is 23.8 Å². The van der Waals surface area contributed by atoms with E-state index in [2.05, 4.69) is 16.0 Å². The number of pyridine rings is 1. The van der Waals surface area contributed by atoms with Crippen molar-refractivity contribution in [2.75, 3.05) is 13.7 Å². The molecule has 1 atom stereocenters. The zero-order chi connectivity index (χ0) is 25.1. The van der Waals surface area contributed by atoms with Gasteiger partial charge in [-0.15, -0.1) is 0 Å². The van der Waals surface area contributed by atoms with Gasteiger partial charge in [-0.25, -0.2) is 4.79 Å². The van der Waals surface area contributed by atoms with E-state index in [0.717, 1.165) is 31.4 Å². The molecule has 1 saturated heterocycles. The highest BCUT2D eigenvalue weighted by Crippen LogP contribution is 2.35. The Balaban J connectivity index is 1.44. The third-order valence-corrected chi connectivity index (χ3v) is 6.54. The van der Waals surface area contributed by atoms with Crippen LogP contribution in [-0.2, 0) is 11.3 Å². The number of nitrogens with zero attached hydrogens (tertiary/aromatic N) is 2. The van der Waals surface area contributed by atoms with E-state index in [0.29, 0.717) is 34.4 Å². The van der Waals surface area contributed by atoms with Crippen LogP contribution in [0.5, 0.6) is 17.2 Å². The number of phenols is 1. The molecule has 1 fully saturated rings. The Morgan fingerprint density at radius 2 is 2.00 bits per heavy atom. The van der Waals surface area contributed by atoms with E-state index in [1.165, 1.54) is 19.4 Å². The van der Waals surface area contributed by atoms with Crippen LogP contribution >= 0.6 is 0 Å². The number of phenolic OH excluding ortho intramolecular Hbond substituents is 1. The number of carbonyl (C=O) groups excluding carboxylic acids is 1. The summed E-state index contributed by atoms with van der Waals surface area (Å²) in [4.78, 5) is 31.4. The summed E-state index contributed by atoms with van der Waals surface area (Å²) < 4.78 is 16.3. The molecule has 0 saturated carbocycles. The molecule has 36 heavy (non-hydrogen) atoms. The Kier molecular flexibility index (Phi) is 6.69. The van der Waals surface area contributed by atoms with E-state index in [9.17, 15) is 14.7 Å². The Hall–Kier alpha value is -4.17. The summed E-state index contributed by atoms with van der Waals surface area (Å²) in [5.74, 6) is 0.00362. The average Bonchev–Trinajstić information content (AvgIpc) is 2.92. The van der Waals surface area contributed by atoms with Crippen LogP contribution in [-0.4, -0.2) is 34.6 Å². The first-order valence-electron chi connectivity index (χ1n) is 11.8. The van der Waals surface area contributed by atoms with Gasteiger partial charge in [-0.1, -0.05) is 12.5 Å². The number of ether oxygens (including phenoxy) is 2. The number of aromatic hydroxyl groups is 1. The van der Waals surface area contributed by atoms with Gasteiger partial charge in [-0.3, -0.25) is 14.7 Å². The van der Waals surface area contributed by atoms with Gasteiger partial charge in [-0.05, 0) is 67.4 Å². The lowest BCUT2D eigenvalue weighted by Crippen LogP contribution is -2.33. The number of hydrogen-bond donors (Lipinski definition) is 1. The summed E-state index contributed by atoms with van der Waals surface area (Å²) in [7, 11) is 1.31. The second-order valence-electron chi connectivity index (χ2n) is 8.76. The number of esters is 1. The minimum absolute atomic E-state index is 0.0103. The highest BCUT2D eigenvalue weighted by molar-refractivity contribution is 5.89. The molecule has 4 aromatic rings. The fourth-order valence-electron chi connectivity index (χ4n) is 4.69. The van der Waals surface area contributed by atoms with E-state index in [4.69, 9.17) is 13.9 Å². The molecule has 8 heteroatoms. The molecule has 0 aliphatic carbocycles. The van der Waals surface area contributed by atoms with Crippen molar-refractivity contribution in [3.63, 3.8) is 0 Å². The Labute approximate surface area is 207 Å². The van der Waals surface area contributed by atoms with Crippen molar-refractivity contribution in [2.45, 2.75) is 31.8 Å². The van der Waals surface area contributed by atoms with E-state index >= 15 is 0 Å². The molecule has 8 nitrogen and oxygen atoms in total. The molecule has 184 valence electrons. The predicted molar refractivity (Wildman–Crippen MR) is 133 cm³/mol. The topological polar surface area (TPSA) is 102 Å². The van der Waals surface area contributed by atoms with E-state index in [1.807, 2.05) is 12.3 Å². The molecule has 3 heterocycles. The van der Waals surface area contributed by atoms with Gasteiger partial charge in [0.25, 0.3) is 0 Å². The summed E-state index contributed by atoms with van der Waals surface area (Å²) >= 11 is 0. The quantitative estimate of drug-likeness (QED) is 0.371. The lowest BCUT2D eigenvalue weighted by Gasteiger charge is -2.36. The molecule has 0 unspecified atom stereocenters. The van der Waals surface area contributed by atoms with Crippen LogP contribution in [0.4, 0.5) is 0 Å². The first-order valence-corrected chi connectivity index (χ1v) is 11.8. The first kappa shape index (κ1) is 23.6. The van der Waals surface area contributed by atoms with E-state index < -0.39 is 5.97 Å². The molecule has 5 rings (SSSR count). The monoisotopic (exact) mass is 486 g/mol. The molecule has 2 aromatic heterocycles. The molecule has 1 aliphatic heterocycles. The SMILES string of the molecule is COC(=O)c1ccc(Oc2coc3c(CN4CCCC[C@H]4c4cccnc4)c(O)ccc3c2=O)cc1. The normalized spacial score (nSPS) is 16.1. The standard InChI is InChI=1S/C28H26N2O6/c1-34-28(33)18-7-9-20(10-8-18)36-25-17-35-27-21(26(25)32)11-12-24(31)22(27)16-30-14-3-2-6-23(30)19-5-4-13-29-15-19/h4-5,7-13,15,17,23,31H,2-3,6,14,16H2,1H3/t23-/m0/s1. The Bertz CT molecular complexity index is 1430. The second kappa shape index (κ2) is 10.2. The minimum Gasteiger partial charge on any atom is -0.507 e. The van der Waals surface area contributed by atoms with Gasteiger partial charge in [0.15, 0.2) is 0 Å². The number of benzene rings is 2. The summed E-state index contributed by atoms with van der Waals surface area (Å²) in [6.45, 7) is 1.29. The van der Waals surface area contributed by atoms with Crippen LogP contribution in [0.1, 0.15) is 46.8 Å². The van der Waals surface area contributed by atoms with Gasteiger partial charge in [0.1, 0.15) is 23.3 Å². The molecule has 0 bridgehead atoms. The number of hydrogen-bond acceptors (Lipinski definition) is 8. The van der Waals surface area contributed by atoms with Gasteiger partial charge in [0.05, 0.1) is 23.6 Å². The lowest BCUT2D eigenvalue weighted by molar-refractivity contribution is 0.0600. The van der Waals surface area contributed by atoms with Crippen molar-refractivity contribution in [1.82, 2.24) is 9.88 Å². The number of aromatic nitrogens is 1. The number of methoxy groups -OCH3 is 1. The summed E-state index contributed by atoms with van der Waals surface area (Å²) in [5.41, 5.74) is 2.06. The van der Waals surface area contributed by atoms with Crippen molar-refractivity contribution >= 4 is 16.9 Å². The number of fused-ring (bicyclic) bond motifs is 1. The molecule has 1 aliphatic rings. The van der Waals surface area contributed by atoms with E-state index in [1.54, 1.807) is 36.5 Å². The molecule has 1 N–H and O–H groups in total. The summed E-state index contributed by atoms with van der Waals surface area (Å²) in [5, 5.41) is 11.0. The second-order valence-corrected chi connectivity index (χ2v) is 8.76. The van der Waals surface area contributed by atoms with Crippen molar-refractivity contribution in [1.29, 1.82) is 0 Å². The highest BCUT2D eigenvalue weighted by atomic mass is 16.5. The third kappa shape index (κ3) is 4.67.